The number of benzene rings is 3. The highest BCUT2D eigenvalue weighted by atomic mass is 14.6. The van der Waals surface area contributed by atoms with Crippen molar-refractivity contribution in [2.45, 2.75) is 25.8 Å². The summed E-state index contributed by atoms with van der Waals surface area (Å²) in [7, 11) is 0. The highest BCUT2D eigenvalue weighted by molar-refractivity contribution is 5.85. The Morgan fingerprint density at radius 3 is 2.24 bits per heavy atom. The zero-order chi connectivity index (χ0) is 14.7. The van der Waals surface area contributed by atoms with Crippen molar-refractivity contribution < 1.29 is 0 Å². The molecule has 1 heteroatoms. The number of hydrogen-bond donors (Lipinski definition) is 1. The molecular weight excluding hydrogens is 254 g/mol. The molecule has 106 valence electrons. The van der Waals surface area contributed by atoms with Gasteiger partial charge in [-0.25, -0.2) is 0 Å². The summed E-state index contributed by atoms with van der Waals surface area (Å²) < 4.78 is 0. The fraction of sp³-hybridized carbons (Fsp3) is 0.200. The minimum atomic E-state index is 0.150. The van der Waals surface area contributed by atoms with Gasteiger partial charge in [0.05, 0.1) is 0 Å². The predicted molar refractivity (Wildman–Crippen MR) is 90.5 cm³/mol. The van der Waals surface area contributed by atoms with Crippen LogP contribution in [-0.4, -0.2) is 6.04 Å². The van der Waals surface area contributed by atoms with Crippen LogP contribution in [0.5, 0.6) is 0 Å². The van der Waals surface area contributed by atoms with Crippen LogP contribution >= 0.6 is 0 Å². The second-order valence-electron chi connectivity index (χ2n) is 5.73. The Morgan fingerprint density at radius 1 is 0.762 bits per heavy atom. The Bertz CT molecular complexity index is 740. The van der Waals surface area contributed by atoms with Crippen LogP contribution in [0.15, 0.2) is 66.7 Å². The molecule has 0 radical (unpaired) electrons. The summed E-state index contributed by atoms with van der Waals surface area (Å²) in [5.74, 6) is 0. The van der Waals surface area contributed by atoms with Crippen molar-refractivity contribution in [2.24, 2.45) is 5.73 Å². The topological polar surface area (TPSA) is 26.0 Å². The van der Waals surface area contributed by atoms with E-state index in [1.54, 1.807) is 0 Å². The van der Waals surface area contributed by atoms with E-state index in [4.69, 9.17) is 5.73 Å². The van der Waals surface area contributed by atoms with E-state index in [9.17, 15) is 0 Å². The average Bonchev–Trinajstić information content (AvgIpc) is 2.50. The van der Waals surface area contributed by atoms with Gasteiger partial charge in [0.2, 0.25) is 0 Å². The average molecular weight is 275 g/mol. The Labute approximate surface area is 126 Å². The molecule has 0 spiro atoms. The maximum atomic E-state index is 6.40. The molecule has 0 fully saturated rings. The van der Waals surface area contributed by atoms with Crippen LogP contribution < -0.4 is 5.73 Å². The molecule has 0 aliphatic rings. The van der Waals surface area contributed by atoms with E-state index in [2.05, 4.69) is 73.7 Å². The number of rotatable bonds is 4. The second kappa shape index (κ2) is 6.11. The predicted octanol–water partition coefficient (Wildman–Crippen LogP) is 4.26. The molecule has 0 saturated heterocycles. The first-order valence-corrected chi connectivity index (χ1v) is 7.51. The van der Waals surface area contributed by atoms with Crippen LogP contribution in [0.3, 0.4) is 0 Å². The van der Waals surface area contributed by atoms with E-state index in [0.717, 1.165) is 12.8 Å². The third kappa shape index (κ3) is 3.14. The fourth-order valence-corrected chi connectivity index (χ4v) is 2.95. The van der Waals surface area contributed by atoms with Crippen LogP contribution in [0.1, 0.15) is 16.7 Å². The first-order valence-electron chi connectivity index (χ1n) is 7.51. The van der Waals surface area contributed by atoms with Crippen molar-refractivity contribution in [1.82, 2.24) is 0 Å². The van der Waals surface area contributed by atoms with Crippen LogP contribution in [0.4, 0.5) is 0 Å². The molecule has 1 unspecified atom stereocenters. The Hall–Kier alpha value is -2.12. The molecule has 0 aromatic heterocycles. The van der Waals surface area contributed by atoms with E-state index in [0.29, 0.717) is 0 Å². The van der Waals surface area contributed by atoms with Gasteiger partial charge >= 0.3 is 0 Å². The minimum absolute atomic E-state index is 0.150. The lowest BCUT2D eigenvalue weighted by atomic mass is 9.94. The van der Waals surface area contributed by atoms with Crippen LogP contribution in [0, 0.1) is 6.92 Å². The van der Waals surface area contributed by atoms with Crippen LogP contribution in [0.25, 0.3) is 10.8 Å². The van der Waals surface area contributed by atoms with E-state index in [-0.39, 0.29) is 6.04 Å². The highest BCUT2D eigenvalue weighted by Gasteiger charge is 2.09. The van der Waals surface area contributed by atoms with Crippen molar-refractivity contribution in [3.63, 3.8) is 0 Å². The summed E-state index contributed by atoms with van der Waals surface area (Å²) in [6.45, 7) is 2.15. The van der Waals surface area contributed by atoms with Gasteiger partial charge in [0.15, 0.2) is 0 Å². The lowest BCUT2D eigenvalue weighted by molar-refractivity contribution is 0.665. The van der Waals surface area contributed by atoms with E-state index in [1.165, 1.54) is 27.5 Å². The number of hydrogen-bond acceptors (Lipinski definition) is 1. The van der Waals surface area contributed by atoms with Gasteiger partial charge in [0, 0.05) is 6.04 Å². The smallest absolute Gasteiger partial charge is 0.0120 e. The third-order valence-electron chi connectivity index (χ3n) is 4.11. The van der Waals surface area contributed by atoms with Gasteiger partial charge in [-0.15, -0.1) is 0 Å². The van der Waals surface area contributed by atoms with E-state index >= 15 is 0 Å². The SMILES string of the molecule is Cc1ccccc1CC(N)Cc1cccc2ccccc12. The molecule has 0 amide bonds. The molecule has 0 aliphatic carbocycles. The summed E-state index contributed by atoms with van der Waals surface area (Å²) in [5.41, 5.74) is 10.4. The van der Waals surface area contributed by atoms with Gasteiger partial charge in [-0.05, 0) is 47.2 Å². The lowest BCUT2D eigenvalue weighted by Gasteiger charge is -2.15. The zero-order valence-electron chi connectivity index (χ0n) is 12.4. The van der Waals surface area contributed by atoms with Gasteiger partial charge in [0.25, 0.3) is 0 Å². The van der Waals surface area contributed by atoms with E-state index < -0.39 is 0 Å². The Morgan fingerprint density at radius 2 is 1.38 bits per heavy atom. The van der Waals surface area contributed by atoms with Gasteiger partial charge in [-0.2, -0.15) is 0 Å². The molecule has 3 aromatic rings. The normalized spacial score (nSPS) is 12.5. The third-order valence-corrected chi connectivity index (χ3v) is 4.11. The van der Waals surface area contributed by atoms with Crippen molar-refractivity contribution >= 4 is 10.8 Å². The molecule has 0 heterocycles. The molecular formula is C20H21N. The van der Waals surface area contributed by atoms with Gasteiger partial charge in [0.1, 0.15) is 0 Å². The molecule has 0 aliphatic heterocycles. The fourth-order valence-electron chi connectivity index (χ4n) is 2.95. The maximum Gasteiger partial charge on any atom is 0.0120 e. The van der Waals surface area contributed by atoms with Crippen molar-refractivity contribution in [2.75, 3.05) is 0 Å². The first-order chi connectivity index (χ1) is 10.2. The van der Waals surface area contributed by atoms with Crippen LogP contribution in [-0.2, 0) is 12.8 Å². The lowest BCUT2D eigenvalue weighted by Crippen LogP contribution is -2.26. The molecule has 2 N–H and O–H groups in total. The number of fused-ring (bicyclic) bond motifs is 1. The van der Waals surface area contributed by atoms with E-state index in [1.807, 2.05) is 0 Å². The van der Waals surface area contributed by atoms with Crippen molar-refractivity contribution in [3.8, 4) is 0 Å². The quantitative estimate of drug-likeness (QED) is 0.756. The summed E-state index contributed by atoms with van der Waals surface area (Å²) >= 11 is 0. The van der Waals surface area contributed by atoms with Crippen LogP contribution in [0.2, 0.25) is 0 Å². The van der Waals surface area contributed by atoms with Crippen molar-refractivity contribution in [3.05, 3.63) is 83.4 Å². The summed E-state index contributed by atoms with van der Waals surface area (Å²) in [6, 6.07) is 23.6. The largest absolute Gasteiger partial charge is 0.327 e. The molecule has 0 bridgehead atoms. The molecule has 1 atom stereocenters. The second-order valence-corrected chi connectivity index (χ2v) is 5.73. The monoisotopic (exact) mass is 275 g/mol. The van der Waals surface area contributed by atoms with Gasteiger partial charge in [-0.1, -0.05) is 66.7 Å². The molecule has 0 saturated carbocycles. The molecule has 1 nitrogen and oxygen atoms in total. The molecule has 3 aromatic carbocycles. The summed E-state index contributed by atoms with van der Waals surface area (Å²) in [5, 5.41) is 2.61. The first kappa shape index (κ1) is 13.8. The summed E-state index contributed by atoms with van der Waals surface area (Å²) in [4.78, 5) is 0. The van der Waals surface area contributed by atoms with Crippen molar-refractivity contribution in [1.29, 1.82) is 0 Å². The Kier molecular flexibility index (Phi) is 4.03. The molecule has 3 rings (SSSR count). The minimum Gasteiger partial charge on any atom is -0.327 e. The summed E-state index contributed by atoms with van der Waals surface area (Å²) in [6.07, 6.45) is 1.84. The number of nitrogens with two attached hydrogens (primary N) is 1. The molecule has 21 heavy (non-hydrogen) atoms. The standard InChI is InChI=1S/C20H21N/c1-15-7-2-3-9-17(15)13-19(21)14-18-11-6-10-16-8-4-5-12-20(16)18/h2-12,19H,13-14,21H2,1H3. The maximum absolute atomic E-state index is 6.40. The van der Waals surface area contributed by atoms with Gasteiger partial charge < -0.3 is 5.73 Å². The highest BCUT2D eigenvalue weighted by Crippen LogP contribution is 2.20. The Balaban J connectivity index is 1.81. The zero-order valence-corrected chi connectivity index (χ0v) is 12.4. The number of aryl methyl sites for hydroxylation is 1. The van der Waals surface area contributed by atoms with Gasteiger partial charge in [-0.3, -0.25) is 0 Å².